The second-order valence-corrected chi connectivity index (χ2v) is 3.62. The van der Waals surface area contributed by atoms with Crippen molar-refractivity contribution < 1.29 is 15.0 Å². The summed E-state index contributed by atoms with van der Waals surface area (Å²) in [6, 6.07) is 7.13. The van der Waals surface area contributed by atoms with E-state index in [-0.39, 0.29) is 18.8 Å². The Morgan fingerprint density at radius 3 is 2.50 bits per heavy atom. The van der Waals surface area contributed by atoms with E-state index in [1.54, 1.807) is 18.2 Å². The summed E-state index contributed by atoms with van der Waals surface area (Å²) in [5, 5.41) is 17.7. The SMILES string of the molecule is C=Cc1ccc(C(=O)CCC(O)CO)cc1. The molecule has 86 valence electrons. The van der Waals surface area contributed by atoms with Crippen LogP contribution in [0.4, 0.5) is 0 Å². The van der Waals surface area contributed by atoms with Crippen molar-refractivity contribution in [3.05, 3.63) is 42.0 Å². The summed E-state index contributed by atoms with van der Waals surface area (Å²) in [4.78, 5) is 11.6. The molecule has 0 fully saturated rings. The third-order valence-electron chi connectivity index (χ3n) is 2.38. The molecular formula is C13H16O3. The van der Waals surface area contributed by atoms with Crippen LogP contribution in [0.5, 0.6) is 0 Å². The molecule has 0 radical (unpaired) electrons. The van der Waals surface area contributed by atoms with Gasteiger partial charge in [0.25, 0.3) is 0 Å². The van der Waals surface area contributed by atoms with E-state index in [4.69, 9.17) is 10.2 Å². The van der Waals surface area contributed by atoms with Gasteiger partial charge in [-0.15, -0.1) is 0 Å². The fraction of sp³-hybridized carbons (Fsp3) is 0.308. The van der Waals surface area contributed by atoms with Gasteiger partial charge in [0.1, 0.15) is 0 Å². The number of carbonyl (C=O) groups is 1. The van der Waals surface area contributed by atoms with E-state index in [9.17, 15) is 4.79 Å². The molecule has 0 bridgehead atoms. The molecule has 0 amide bonds. The van der Waals surface area contributed by atoms with Gasteiger partial charge in [-0.3, -0.25) is 4.79 Å². The van der Waals surface area contributed by atoms with Crippen LogP contribution in [0.2, 0.25) is 0 Å². The van der Waals surface area contributed by atoms with E-state index in [1.165, 1.54) is 0 Å². The predicted octanol–water partition coefficient (Wildman–Crippen LogP) is 1.65. The minimum absolute atomic E-state index is 0.0249. The van der Waals surface area contributed by atoms with Gasteiger partial charge in [-0.25, -0.2) is 0 Å². The van der Waals surface area contributed by atoms with Crippen molar-refractivity contribution in [2.75, 3.05) is 6.61 Å². The molecule has 1 aromatic carbocycles. The van der Waals surface area contributed by atoms with Gasteiger partial charge >= 0.3 is 0 Å². The molecule has 0 aliphatic heterocycles. The van der Waals surface area contributed by atoms with E-state index in [1.807, 2.05) is 12.1 Å². The van der Waals surface area contributed by atoms with Crippen molar-refractivity contribution >= 4 is 11.9 Å². The molecule has 3 nitrogen and oxygen atoms in total. The maximum Gasteiger partial charge on any atom is 0.162 e. The molecule has 2 N–H and O–H groups in total. The van der Waals surface area contributed by atoms with E-state index in [2.05, 4.69) is 6.58 Å². The Bertz CT molecular complexity index is 354. The van der Waals surface area contributed by atoms with Crippen LogP contribution in [0.15, 0.2) is 30.8 Å². The number of hydrogen-bond donors (Lipinski definition) is 2. The smallest absolute Gasteiger partial charge is 0.162 e. The highest BCUT2D eigenvalue weighted by Gasteiger charge is 2.09. The van der Waals surface area contributed by atoms with E-state index in [0.717, 1.165) is 5.56 Å². The first-order chi connectivity index (χ1) is 7.67. The Kier molecular flexibility index (Phi) is 4.89. The summed E-state index contributed by atoms with van der Waals surface area (Å²) in [7, 11) is 0. The van der Waals surface area contributed by atoms with Crippen LogP contribution in [0, 0.1) is 0 Å². The monoisotopic (exact) mass is 220 g/mol. The average molecular weight is 220 g/mol. The molecule has 0 aromatic heterocycles. The number of benzene rings is 1. The third kappa shape index (κ3) is 3.61. The molecule has 0 spiro atoms. The van der Waals surface area contributed by atoms with Crippen LogP contribution in [-0.2, 0) is 0 Å². The fourth-order valence-corrected chi connectivity index (χ4v) is 1.34. The van der Waals surface area contributed by atoms with Crippen LogP contribution >= 0.6 is 0 Å². The third-order valence-corrected chi connectivity index (χ3v) is 2.38. The topological polar surface area (TPSA) is 57.5 Å². The zero-order valence-corrected chi connectivity index (χ0v) is 9.10. The number of rotatable bonds is 6. The van der Waals surface area contributed by atoms with Crippen molar-refractivity contribution in [1.29, 1.82) is 0 Å². The molecule has 0 heterocycles. The lowest BCUT2D eigenvalue weighted by Gasteiger charge is -2.06. The molecule has 0 saturated heterocycles. The summed E-state index contributed by atoms with van der Waals surface area (Å²) in [5.74, 6) is -0.0249. The van der Waals surface area contributed by atoms with Gasteiger partial charge in [-0.05, 0) is 12.0 Å². The van der Waals surface area contributed by atoms with Crippen molar-refractivity contribution in [2.24, 2.45) is 0 Å². The second kappa shape index (κ2) is 6.20. The highest BCUT2D eigenvalue weighted by Crippen LogP contribution is 2.10. The Morgan fingerprint density at radius 2 is 2.00 bits per heavy atom. The first-order valence-electron chi connectivity index (χ1n) is 5.22. The fourth-order valence-electron chi connectivity index (χ4n) is 1.34. The number of ketones is 1. The lowest BCUT2D eigenvalue weighted by atomic mass is 10.0. The number of hydrogen-bond acceptors (Lipinski definition) is 3. The van der Waals surface area contributed by atoms with Gasteiger partial charge < -0.3 is 10.2 Å². The molecule has 1 rings (SSSR count). The van der Waals surface area contributed by atoms with Gasteiger partial charge in [0.2, 0.25) is 0 Å². The lowest BCUT2D eigenvalue weighted by molar-refractivity contribution is 0.0779. The van der Waals surface area contributed by atoms with Crippen molar-refractivity contribution in [1.82, 2.24) is 0 Å². The number of Topliss-reactive ketones (excluding diaryl/α,β-unsaturated/α-hetero) is 1. The minimum atomic E-state index is -0.809. The molecule has 1 unspecified atom stereocenters. The van der Waals surface area contributed by atoms with Crippen LogP contribution in [0.3, 0.4) is 0 Å². The van der Waals surface area contributed by atoms with Crippen molar-refractivity contribution in [2.45, 2.75) is 18.9 Å². The molecule has 0 saturated carbocycles. The van der Waals surface area contributed by atoms with Crippen LogP contribution in [0.25, 0.3) is 6.08 Å². The standard InChI is InChI=1S/C13H16O3/c1-2-10-3-5-11(6-4-10)13(16)8-7-12(15)9-14/h2-6,12,14-15H,1,7-9H2. The minimum Gasteiger partial charge on any atom is -0.394 e. The molecule has 0 aliphatic carbocycles. The normalized spacial score (nSPS) is 12.1. The largest absolute Gasteiger partial charge is 0.394 e. The van der Waals surface area contributed by atoms with Gasteiger partial charge in [0.05, 0.1) is 12.7 Å². The maximum atomic E-state index is 11.6. The molecule has 16 heavy (non-hydrogen) atoms. The second-order valence-electron chi connectivity index (χ2n) is 3.62. The number of aliphatic hydroxyl groups is 2. The molecule has 1 atom stereocenters. The Balaban J connectivity index is 2.56. The van der Waals surface area contributed by atoms with E-state index < -0.39 is 6.10 Å². The van der Waals surface area contributed by atoms with Gasteiger partial charge in [0.15, 0.2) is 5.78 Å². The summed E-state index contributed by atoms with van der Waals surface area (Å²) < 4.78 is 0. The molecule has 1 aromatic rings. The Hall–Kier alpha value is -1.45. The summed E-state index contributed by atoms with van der Waals surface area (Å²) in [6.45, 7) is 3.33. The summed E-state index contributed by atoms with van der Waals surface area (Å²) >= 11 is 0. The van der Waals surface area contributed by atoms with Crippen molar-refractivity contribution in [3.8, 4) is 0 Å². The summed E-state index contributed by atoms with van der Waals surface area (Å²) in [5.41, 5.74) is 1.59. The Morgan fingerprint density at radius 1 is 1.38 bits per heavy atom. The average Bonchev–Trinajstić information content (AvgIpc) is 2.35. The van der Waals surface area contributed by atoms with Gasteiger partial charge in [-0.1, -0.05) is 36.9 Å². The van der Waals surface area contributed by atoms with Gasteiger partial charge in [0, 0.05) is 12.0 Å². The highest BCUT2D eigenvalue weighted by molar-refractivity contribution is 5.96. The van der Waals surface area contributed by atoms with Crippen molar-refractivity contribution in [3.63, 3.8) is 0 Å². The van der Waals surface area contributed by atoms with E-state index >= 15 is 0 Å². The highest BCUT2D eigenvalue weighted by atomic mass is 16.3. The number of carbonyl (C=O) groups excluding carboxylic acids is 1. The maximum absolute atomic E-state index is 11.6. The number of aliphatic hydroxyl groups excluding tert-OH is 2. The Labute approximate surface area is 95.0 Å². The zero-order valence-electron chi connectivity index (χ0n) is 9.10. The molecule has 3 heteroatoms. The first kappa shape index (κ1) is 12.6. The van der Waals surface area contributed by atoms with Crippen LogP contribution < -0.4 is 0 Å². The first-order valence-corrected chi connectivity index (χ1v) is 5.22. The van der Waals surface area contributed by atoms with Gasteiger partial charge in [-0.2, -0.15) is 0 Å². The zero-order chi connectivity index (χ0) is 12.0. The molecular weight excluding hydrogens is 204 g/mol. The van der Waals surface area contributed by atoms with Crippen LogP contribution in [0.1, 0.15) is 28.8 Å². The lowest BCUT2D eigenvalue weighted by Crippen LogP contribution is -2.13. The quantitative estimate of drug-likeness (QED) is 0.717. The van der Waals surface area contributed by atoms with Crippen LogP contribution in [-0.4, -0.2) is 28.7 Å². The summed E-state index contributed by atoms with van der Waals surface area (Å²) in [6.07, 6.45) is 1.44. The van der Waals surface area contributed by atoms with E-state index in [0.29, 0.717) is 12.0 Å². The molecule has 0 aliphatic rings. The predicted molar refractivity (Wildman–Crippen MR) is 63.2 cm³/mol.